The molecule has 62 valence electrons. The lowest BCUT2D eigenvalue weighted by atomic mass is 10.3. The summed E-state index contributed by atoms with van der Waals surface area (Å²) in [6, 6.07) is 0. The van der Waals surface area contributed by atoms with Crippen LogP contribution in [0.15, 0.2) is 24.0 Å². The predicted molar refractivity (Wildman–Crippen MR) is 48.5 cm³/mol. The van der Waals surface area contributed by atoms with E-state index >= 15 is 0 Å². The van der Waals surface area contributed by atoms with Crippen LogP contribution in [0.2, 0.25) is 0 Å². The van der Waals surface area contributed by atoms with Crippen molar-refractivity contribution in [3.63, 3.8) is 0 Å². The van der Waals surface area contributed by atoms with E-state index in [1.807, 2.05) is 17.8 Å². The van der Waals surface area contributed by atoms with Gasteiger partial charge in [-0.25, -0.2) is 0 Å². The van der Waals surface area contributed by atoms with Crippen LogP contribution in [0.25, 0.3) is 5.70 Å². The molecule has 0 atom stereocenters. The van der Waals surface area contributed by atoms with Crippen LogP contribution in [-0.4, -0.2) is 5.10 Å². The van der Waals surface area contributed by atoms with Crippen molar-refractivity contribution in [2.45, 2.75) is 0 Å². The van der Waals surface area contributed by atoms with Gasteiger partial charge in [-0.3, -0.25) is 0 Å². The topological polar surface area (TPSA) is 40.8 Å². The second-order valence-electron chi connectivity index (χ2n) is 2.15. The second kappa shape index (κ2) is 3.08. The summed E-state index contributed by atoms with van der Waals surface area (Å²) in [5.74, 6) is 0. The standard InChI is InChI=1S/C6H6N4S2/c11-10-9-6(4-12-10)5-3-7-1-2-8-5/h1-4,7-8H. The molecule has 0 radical (unpaired) electrons. The maximum atomic E-state index is 4.83. The van der Waals surface area contributed by atoms with E-state index < -0.39 is 0 Å². The second-order valence-corrected chi connectivity index (χ2v) is 3.52. The van der Waals surface area contributed by atoms with Crippen molar-refractivity contribution in [2.24, 2.45) is 0 Å². The molecule has 0 fully saturated rings. The Bertz CT molecular complexity index is 341. The summed E-state index contributed by atoms with van der Waals surface area (Å²) < 4.78 is 1.40. The zero-order valence-electron chi connectivity index (χ0n) is 6.02. The third-order valence-corrected chi connectivity index (χ3v) is 2.30. The van der Waals surface area contributed by atoms with Gasteiger partial charge in [-0.05, 0) is 23.3 Å². The third-order valence-electron chi connectivity index (χ3n) is 1.37. The molecule has 0 amide bonds. The molecule has 12 heavy (non-hydrogen) atoms. The average molecular weight is 198 g/mol. The summed E-state index contributed by atoms with van der Waals surface area (Å²) in [5, 5.41) is 12.0. The lowest BCUT2D eigenvalue weighted by molar-refractivity contribution is -0.486. The van der Waals surface area contributed by atoms with Gasteiger partial charge in [0.2, 0.25) is 0 Å². The molecule has 2 heterocycles. The lowest BCUT2D eigenvalue weighted by Gasteiger charge is -2.07. The van der Waals surface area contributed by atoms with Crippen LogP contribution in [0.5, 0.6) is 0 Å². The van der Waals surface area contributed by atoms with Gasteiger partial charge in [0.05, 0.1) is 5.70 Å². The highest BCUT2D eigenvalue weighted by Gasteiger charge is 2.06. The largest absolute Gasteiger partial charge is 0.365 e. The molecular formula is C6H6N4S2. The minimum Gasteiger partial charge on any atom is -0.365 e. The van der Waals surface area contributed by atoms with Crippen LogP contribution in [0, 0.1) is 0 Å². The molecule has 0 spiro atoms. The van der Waals surface area contributed by atoms with Crippen molar-refractivity contribution in [3.05, 3.63) is 29.7 Å². The average Bonchev–Trinajstić information content (AvgIpc) is 2.54. The molecule has 6 heteroatoms. The van der Waals surface area contributed by atoms with Crippen LogP contribution in [0.4, 0.5) is 0 Å². The van der Waals surface area contributed by atoms with Gasteiger partial charge in [-0.1, -0.05) is 11.5 Å². The van der Waals surface area contributed by atoms with Gasteiger partial charge in [0.25, 0.3) is 0 Å². The van der Waals surface area contributed by atoms with Crippen molar-refractivity contribution in [3.8, 4) is 0 Å². The number of aromatic nitrogens is 2. The Morgan fingerprint density at radius 1 is 1.50 bits per heavy atom. The third kappa shape index (κ3) is 1.39. The quantitative estimate of drug-likeness (QED) is 0.480. The van der Waals surface area contributed by atoms with Gasteiger partial charge >= 0.3 is 0 Å². The van der Waals surface area contributed by atoms with E-state index in [0.29, 0.717) is 0 Å². The predicted octanol–water partition coefficient (Wildman–Crippen LogP) is -0.297. The van der Waals surface area contributed by atoms with E-state index in [-0.39, 0.29) is 0 Å². The van der Waals surface area contributed by atoms with E-state index in [4.69, 9.17) is 12.8 Å². The fourth-order valence-corrected chi connectivity index (χ4v) is 1.56. The van der Waals surface area contributed by atoms with Crippen LogP contribution in [0.1, 0.15) is 5.69 Å². The molecule has 1 aromatic heterocycles. The highest BCUT2D eigenvalue weighted by Crippen LogP contribution is 2.08. The molecule has 0 saturated carbocycles. The lowest BCUT2D eigenvalue weighted by Crippen LogP contribution is -2.25. The minimum absolute atomic E-state index is 0.854. The van der Waals surface area contributed by atoms with Gasteiger partial charge in [0, 0.05) is 18.6 Å². The Morgan fingerprint density at radius 2 is 2.42 bits per heavy atom. The first-order chi connectivity index (χ1) is 5.86. The SMILES string of the molecule is [S-][n+]1nc(C2=CNC=CN2)cs1. The van der Waals surface area contributed by atoms with Gasteiger partial charge < -0.3 is 10.6 Å². The minimum atomic E-state index is 0.854. The molecule has 0 aromatic carbocycles. The number of nitrogens with zero attached hydrogens (tertiary/aromatic N) is 2. The molecule has 0 aliphatic carbocycles. The Kier molecular flexibility index (Phi) is 1.92. The van der Waals surface area contributed by atoms with Gasteiger partial charge in [-0.2, -0.15) is 0 Å². The first kappa shape index (κ1) is 7.51. The molecule has 0 unspecified atom stereocenters. The van der Waals surface area contributed by atoms with Crippen molar-refractivity contribution < 1.29 is 3.48 Å². The van der Waals surface area contributed by atoms with Crippen LogP contribution in [0.3, 0.4) is 0 Å². The maximum Gasteiger partial charge on any atom is 0.151 e. The summed E-state index contributed by atoms with van der Waals surface area (Å²) in [5.41, 5.74) is 1.78. The van der Waals surface area contributed by atoms with E-state index in [2.05, 4.69) is 15.7 Å². The monoisotopic (exact) mass is 198 g/mol. The fourth-order valence-electron chi connectivity index (χ4n) is 0.848. The highest BCUT2D eigenvalue weighted by atomic mass is 32.2. The van der Waals surface area contributed by atoms with E-state index in [9.17, 15) is 0 Å². The maximum absolute atomic E-state index is 4.83. The molecule has 4 nitrogen and oxygen atoms in total. The molecule has 0 bridgehead atoms. The number of nitrogens with one attached hydrogen (secondary N) is 2. The summed E-state index contributed by atoms with van der Waals surface area (Å²) in [7, 11) is 0. The Labute approximate surface area is 79.3 Å². The van der Waals surface area contributed by atoms with Crippen molar-refractivity contribution in [1.29, 1.82) is 0 Å². The molecule has 1 aliphatic heterocycles. The first-order valence-corrected chi connectivity index (χ1v) is 4.50. The van der Waals surface area contributed by atoms with Crippen LogP contribution in [-0.2, 0) is 12.8 Å². The summed E-state index contributed by atoms with van der Waals surface area (Å²) in [6.45, 7) is 0. The summed E-state index contributed by atoms with van der Waals surface area (Å²) >= 11 is 6.22. The van der Waals surface area contributed by atoms with E-state index in [1.54, 1.807) is 6.20 Å². The molecule has 0 saturated heterocycles. The van der Waals surface area contributed by atoms with Crippen molar-refractivity contribution in [1.82, 2.24) is 15.7 Å². The Hall–Kier alpha value is -1.14. The van der Waals surface area contributed by atoms with Gasteiger partial charge in [0.1, 0.15) is 0 Å². The Balaban J connectivity index is 2.25. The first-order valence-electron chi connectivity index (χ1n) is 3.30. The number of rotatable bonds is 1. The molecule has 2 rings (SSSR count). The molecular weight excluding hydrogens is 192 g/mol. The van der Waals surface area contributed by atoms with E-state index in [0.717, 1.165) is 11.4 Å². The summed E-state index contributed by atoms with van der Waals surface area (Å²) in [4.78, 5) is 0. The Morgan fingerprint density at radius 3 is 3.00 bits per heavy atom. The highest BCUT2D eigenvalue weighted by molar-refractivity contribution is 7.52. The smallest absolute Gasteiger partial charge is 0.151 e. The van der Waals surface area contributed by atoms with Crippen LogP contribution < -0.4 is 14.1 Å². The number of hydrogen-bond acceptors (Lipinski definition) is 5. The fraction of sp³-hybridized carbons (Fsp3) is 0. The molecule has 2 N–H and O–H groups in total. The van der Waals surface area contributed by atoms with Gasteiger partial charge in [-0.15, -0.1) is 3.48 Å². The number of hydrogen-bond donors (Lipinski definition) is 2. The molecule has 1 aromatic rings. The normalized spacial score (nSPS) is 14.8. The van der Waals surface area contributed by atoms with Crippen LogP contribution >= 0.6 is 11.5 Å². The van der Waals surface area contributed by atoms with Crippen molar-refractivity contribution in [2.75, 3.05) is 0 Å². The zero-order valence-corrected chi connectivity index (χ0v) is 7.65. The van der Waals surface area contributed by atoms with E-state index in [1.165, 1.54) is 15.0 Å². The zero-order chi connectivity index (χ0) is 8.39. The summed E-state index contributed by atoms with van der Waals surface area (Å²) in [6.07, 6.45) is 5.45. The molecule has 1 aliphatic rings. The van der Waals surface area contributed by atoms with Crippen molar-refractivity contribution >= 4 is 30.0 Å². The van der Waals surface area contributed by atoms with Gasteiger partial charge in [0.15, 0.2) is 5.69 Å².